The molecule has 0 saturated carbocycles. The number of hydrogen-bond acceptors (Lipinski definition) is 2. The largest absolute Gasteiger partial charge is 0.438 e. The summed E-state index contributed by atoms with van der Waals surface area (Å²) in [4.78, 5) is 4.13. The van der Waals surface area contributed by atoms with Crippen LogP contribution in [0.2, 0.25) is 10.0 Å². The second kappa shape index (κ2) is 5.57. The van der Waals surface area contributed by atoms with Crippen LogP contribution in [0.3, 0.4) is 0 Å². The third-order valence-corrected chi connectivity index (χ3v) is 3.26. The zero-order valence-electron chi connectivity index (χ0n) is 8.25. The summed E-state index contributed by atoms with van der Waals surface area (Å²) < 4.78 is 7.18. The van der Waals surface area contributed by atoms with E-state index in [2.05, 4.69) is 36.8 Å². The maximum absolute atomic E-state index is 5.88. The highest BCUT2D eigenvalue weighted by molar-refractivity contribution is 9.11. The second-order valence-corrected chi connectivity index (χ2v) is 5.79. The highest BCUT2D eigenvalue weighted by Gasteiger charge is 2.06. The van der Waals surface area contributed by atoms with Gasteiger partial charge in [0.1, 0.15) is 5.75 Å². The summed E-state index contributed by atoms with van der Waals surface area (Å²) in [5.41, 5.74) is 0. The first-order valence-corrected chi connectivity index (χ1v) is 6.84. The van der Waals surface area contributed by atoms with E-state index in [-0.39, 0.29) is 0 Å². The number of ether oxygens (including phenoxy) is 1. The number of rotatable bonds is 2. The first-order valence-electron chi connectivity index (χ1n) is 4.49. The van der Waals surface area contributed by atoms with Crippen LogP contribution in [0.1, 0.15) is 0 Å². The lowest BCUT2D eigenvalue weighted by atomic mass is 10.3. The molecule has 1 heterocycles. The van der Waals surface area contributed by atoms with E-state index in [1.54, 1.807) is 24.4 Å². The molecule has 1 aromatic carbocycles. The Bertz CT molecular complexity index is 543. The average Bonchev–Trinajstić information content (AvgIpc) is 2.21. The van der Waals surface area contributed by atoms with Crippen molar-refractivity contribution in [2.75, 3.05) is 0 Å². The topological polar surface area (TPSA) is 22.1 Å². The maximum Gasteiger partial charge on any atom is 0.233 e. The molecule has 0 aliphatic carbocycles. The molecular formula is C11H5Br2Cl2NO. The lowest BCUT2D eigenvalue weighted by molar-refractivity contribution is 0.459. The Kier molecular flexibility index (Phi) is 4.31. The molecule has 0 aliphatic heterocycles. The van der Waals surface area contributed by atoms with Gasteiger partial charge in [0.25, 0.3) is 0 Å². The number of nitrogens with zero attached hydrogens (tertiary/aromatic N) is 1. The van der Waals surface area contributed by atoms with Gasteiger partial charge in [0.2, 0.25) is 5.88 Å². The minimum atomic E-state index is 0.450. The Morgan fingerprint density at radius 1 is 1.00 bits per heavy atom. The summed E-state index contributed by atoms with van der Waals surface area (Å²) in [5.74, 6) is 0.990. The van der Waals surface area contributed by atoms with Crippen LogP contribution >= 0.6 is 55.1 Å². The van der Waals surface area contributed by atoms with Gasteiger partial charge in [-0.2, -0.15) is 0 Å². The van der Waals surface area contributed by atoms with Crippen molar-refractivity contribution in [1.29, 1.82) is 0 Å². The predicted octanol–water partition coefficient (Wildman–Crippen LogP) is 5.71. The maximum atomic E-state index is 5.88. The minimum Gasteiger partial charge on any atom is -0.438 e. The molecular weight excluding hydrogens is 393 g/mol. The Hall–Kier alpha value is -0.290. The third-order valence-electron chi connectivity index (χ3n) is 1.82. The van der Waals surface area contributed by atoms with Crippen molar-refractivity contribution >= 4 is 55.1 Å². The van der Waals surface area contributed by atoms with Crippen LogP contribution in [0.15, 0.2) is 39.4 Å². The molecule has 6 heteroatoms. The van der Waals surface area contributed by atoms with Gasteiger partial charge in [-0.05, 0) is 56.1 Å². The van der Waals surface area contributed by atoms with Crippen molar-refractivity contribution in [3.8, 4) is 11.6 Å². The molecule has 1 aromatic heterocycles. The molecule has 2 nitrogen and oxygen atoms in total. The number of pyridine rings is 1. The Morgan fingerprint density at radius 2 is 1.65 bits per heavy atom. The molecule has 0 amide bonds. The van der Waals surface area contributed by atoms with Gasteiger partial charge in [-0.3, -0.25) is 0 Å². The van der Waals surface area contributed by atoms with Crippen molar-refractivity contribution in [3.05, 3.63) is 49.5 Å². The first kappa shape index (κ1) is 13.1. The molecule has 17 heavy (non-hydrogen) atoms. The monoisotopic (exact) mass is 395 g/mol. The Labute approximate surface area is 125 Å². The average molecular weight is 398 g/mol. The fourth-order valence-corrected chi connectivity index (χ4v) is 2.75. The summed E-state index contributed by atoms with van der Waals surface area (Å²) in [6, 6.07) is 6.82. The van der Waals surface area contributed by atoms with Crippen molar-refractivity contribution in [2.24, 2.45) is 0 Å². The van der Waals surface area contributed by atoms with E-state index >= 15 is 0 Å². The van der Waals surface area contributed by atoms with Gasteiger partial charge in [-0.15, -0.1) is 0 Å². The smallest absolute Gasteiger partial charge is 0.233 e. The van der Waals surface area contributed by atoms with E-state index in [1.165, 1.54) is 0 Å². The van der Waals surface area contributed by atoms with Gasteiger partial charge in [-0.1, -0.05) is 23.2 Å². The summed E-state index contributed by atoms with van der Waals surface area (Å²) in [5, 5.41) is 1.03. The van der Waals surface area contributed by atoms with E-state index in [0.717, 1.165) is 8.95 Å². The Balaban J connectivity index is 2.31. The lowest BCUT2D eigenvalue weighted by Crippen LogP contribution is -1.89. The van der Waals surface area contributed by atoms with Gasteiger partial charge < -0.3 is 4.74 Å². The molecule has 0 unspecified atom stereocenters. The van der Waals surface area contributed by atoms with Crippen molar-refractivity contribution < 1.29 is 4.74 Å². The van der Waals surface area contributed by atoms with Crippen molar-refractivity contribution in [1.82, 2.24) is 4.98 Å². The van der Waals surface area contributed by atoms with Crippen LogP contribution in [0.5, 0.6) is 11.6 Å². The van der Waals surface area contributed by atoms with E-state index in [1.807, 2.05) is 6.07 Å². The number of hydrogen-bond donors (Lipinski definition) is 0. The second-order valence-electron chi connectivity index (χ2n) is 3.15. The van der Waals surface area contributed by atoms with Gasteiger partial charge >= 0.3 is 0 Å². The minimum absolute atomic E-state index is 0.450. The highest BCUT2D eigenvalue weighted by Crippen LogP contribution is 2.32. The van der Waals surface area contributed by atoms with Crippen LogP contribution in [0, 0.1) is 0 Å². The fourth-order valence-electron chi connectivity index (χ4n) is 1.18. The predicted molar refractivity (Wildman–Crippen MR) is 76.2 cm³/mol. The quantitative estimate of drug-likeness (QED) is 0.647. The van der Waals surface area contributed by atoms with E-state index < -0.39 is 0 Å². The molecule has 0 spiro atoms. The zero-order valence-corrected chi connectivity index (χ0v) is 12.9. The van der Waals surface area contributed by atoms with E-state index in [4.69, 9.17) is 27.9 Å². The summed E-state index contributed by atoms with van der Waals surface area (Å²) in [6.07, 6.45) is 1.65. The summed E-state index contributed by atoms with van der Waals surface area (Å²) in [7, 11) is 0. The summed E-state index contributed by atoms with van der Waals surface area (Å²) in [6.45, 7) is 0. The van der Waals surface area contributed by atoms with E-state index in [0.29, 0.717) is 21.7 Å². The van der Waals surface area contributed by atoms with Gasteiger partial charge in [0.05, 0.1) is 4.47 Å². The number of halogens is 4. The van der Waals surface area contributed by atoms with Crippen LogP contribution < -0.4 is 4.74 Å². The van der Waals surface area contributed by atoms with Crippen molar-refractivity contribution in [2.45, 2.75) is 0 Å². The summed E-state index contributed by atoms with van der Waals surface area (Å²) >= 11 is 18.4. The molecule has 0 saturated heterocycles. The van der Waals surface area contributed by atoms with Gasteiger partial charge in [0.15, 0.2) is 0 Å². The zero-order chi connectivity index (χ0) is 12.4. The first-order chi connectivity index (χ1) is 8.04. The molecule has 0 radical (unpaired) electrons. The molecule has 88 valence electrons. The van der Waals surface area contributed by atoms with Crippen LogP contribution in [-0.4, -0.2) is 4.98 Å². The van der Waals surface area contributed by atoms with Crippen LogP contribution in [-0.2, 0) is 0 Å². The van der Waals surface area contributed by atoms with Gasteiger partial charge in [0, 0.05) is 20.7 Å². The molecule has 2 aromatic rings. The molecule has 0 atom stereocenters. The SMILES string of the molecule is Clc1cc(Cl)cc(Oc2ncc(Br)cc2Br)c1. The molecule has 0 bridgehead atoms. The highest BCUT2D eigenvalue weighted by atomic mass is 79.9. The standard InChI is InChI=1S/C11H5Br2Cl2NO/c12-6-1-10(13)11(16-5-6)17-9-3-7(14)2-8(15)4-9/h1-5H. The van der Waals surface area contributed by atoms with Crippen LogP contribution in [0.4, 0.5) is 0 Å². The lowest BCUT2D eigenvalue weighted by Gasteiger charge is -2.07. The number of benzene rings is 1. The van der Waals surface area contributed by atoms with Crippen molar-refractivity contribution in [3.63, 3.8) is 0 Å². The van der Waals surface area contributed by atoms with E-state index in [9.17, 15) is 0 Å². The molecule has 0 N–H and O–H groups in total. The van der Waals surface area contributed by atoms with Crippen LogP contribution in [0.25, 0.3) is 0 Å². The fraction of sp³-hybridized carbons (Fsp3) is 0. The van der Waals surface area contributed by atoms with Gasteiger partial charge in [-0.25, -0.2) is 4.98 Å². The molecule has 2 rings (SSSR count). The Morgan fingerprint density at radius 3 is 2.24 bits per heavy atom. The molecule has 0 aliphatic rings. The number of aromatic nitrogens is 1. The third kappa shape index (κ3) is 3.58. The molecule has 0 fully saturated rings. The normalized spacial score (nSPS) is 10.4.